The maximum Gasteiger partial charge on any atom is 0.0198 e. The van der Waals surface area contributed by atoms with Crippen LogP contribution in [-0.2, 0) is 0 Å². The smallest absolute Gasteiger partial charge is 0.0198 e. The Kier molecular flexibility index (Phi) is 4.79. The van der Waals surface area contributed by atoms with Crippen LogP contribution in [0.4, 0.5) is 0 Å². The zero-order chi connectivity index (χ0) is 10.5. The molecule has 0 amide bonds. The monoisotopic (exact) mass is 228 g/mol. The van der Waals surface area contributed by atoms with E-state index in [1.165, 1.54) is 51.6 Å². The predicted molar refractivity (Wildman–Crippen MR) is 68.6 cm³/mol. The van der Waals surface area contributed by atoms with E-state index in [4.69, 9.17) is 0 Å². The molecule has 1 aliphatic carbocycles. The van der Waals surface area contributed by atoms with E-state index in [0.717, 1.165) is 17.3 Å². The van der Waals surface area contributed by atoms with Gasteiger partial charge in [-0.1, -0.05) is 12.8 Å². The van der Waals surface area contributed by atoms with Crippen LogP contribution in [0.2, 0.25) is 0 Å². The summed E-state index contributed by atoms with van der Waals surface area (Å²) in [7, 11) is 0. The lowest BCUT2D eigenvalue weighted by Gasteiger charge is -2.35. The van der Waals surface area contributed by atoms with Gasteiger partial charge >= 0.3 is 0 Å². The van der Waals surface area contributed by atoms with Gasteiger partial charge in [-0.05, 0) is 38.5 Å². The molecule has 3 heteroatoms. The van der Waals surface area contributed by atoms with Crippen molar-refractivity contribution in [3.63, 3.8) is 0 Å². The molecule has 2 aliphatic rings. The number of hydrogen-bond acceptors (Lipinski definition) is 3. The summed E-state index contributed by atoms with van der Waals surface area (Å²) < 4.78 is 0. The molecule has 88 valence electrons. The first-order valence-electron chi connectivity index (χ1n) is 6.39. The number of hydrogen-bond donors (Lipinski definition) is 2. The first-order chi connectivity index (χ1) is 7.40. The average Bonchev–Trinajstić information content (AvgIpc) is 2.31. The summed E-state index contributed by atoms with van der Waals surface area (Å²) in [5.74, 6) is 0. The molecule has 0 bridgehead atoms. The Bertz CT molecular complexity index is 180. The van der Waals surface area contributed by atoms with Gasteiger partial charge in [-0.2, -0.15) is 11.8 Å². The van der Waals surface area contributed by atoms with Crippen molar-refractivity contribution in [3.05, 3.63) is 0 Å². The molecule has 0 radical (unpaired) electrons. The molecule has 0 aromatic carbocycles. The lowest BCUT2D eigenvalue weighted by Crippen LogP contribution is -2.51. The minimum atomic E-state index is 0.733. The molecule has 2 nitrogen and oxygen atoms in total. The van der Waals surface area contributed by atoms with E-state index in [-0.39, 0.29) is 0 Å². The quantitative estimate of drug-likeness (QED) is 0.772. The zero-order valence-electron chi connectivity index (χ0n) is 9.80. The van der Waals surface area contributed by atoms with Crippen LogP contribution in [0, 0.1) is 0 Å². The summed E-state index contributed by atoms with van der Waals surface area (Å²) in [5, 5.41) is 8.23. The Hall–Kier alpha value is 0.270. The maximum absolute atomic E-state index is 3.88. The van der Waals surface area contributed by atoms with Crippen LogP contribution in [0.3, 0.4) is 0 Å². The van der Waals surface area contributed by atoms with Gasteiger partial charge in [0.2, 0.25) is 0 Å². The normalized spacial score (nSPS) is 37.8. The fourth-order valence-corrected chi connectivity index (χ4v) is 3.81. The molecule has 2 N–H and O–H groups in total. The topological polar surface area (TPSA) is 24.1 Å². The van der Waals surface area contributed by atoms with Crippen molar-refractivity contribution in [2.24, 2.45) is 0 Å². The summed E-state index contributed by atoms with van der Waals surface area (Å²) in [6, 6.07) is 1.51. The van der Waals surface area contributed by atoms with Crippen molar-refractivity contribution < 1.29 is 0 Å². The Morgan fingerprint density at radius 3 is 2.73 bits per heavy atom. The van der Waals surface area contributed by atoms with E-state index in [1.807, 2.05) is 0 Å². The Morgan fingerprint density at radius 1 is 1.13 bits per heavy atom. The third-order valence-electron chi connectivity index (χ3n) is 3.75. The van der Waals surface area contributed by atoms with Crippen LogP contribution < -0.4 is 10.6 Å². The summed E-state index contributed by atoms with van der Waals surface area (Å²) in [4.78, 5) is 0. The van der Waals surface area contributed by atoms with E-state index >= 15 is 0 Å². The van der Waals surface area contributed by atoms with Gasteiger partial charge in [0.05, 0.1) is 0 Å². The highest BCUT2D eigenvalue weighted by molar-refractivity contribution is 7.99. The lowest BCUT2D eigenvalue weighted by molar-refractivity contribution is 0.306. The summed E-state index contributed by atoms with van der Waals surface area (Å²) in [6.45, 7) is 2.40. The summed E-state index contributed by atoms with van der Waals surface area (Å²) in [5.41, 5.74) is 0. The highest BCUT2D eigenvalue weighted by Crippen LogP contribution is 2.27. The number of piperidine rings is 1. The third-order valence-corrected chi connectivity index (χ3v) is 4.92. The second-order valence-corrected chi connectivity index (χ2v) is 5.95. The van der Waals surface area contributed by atoms with Crippen molar-refractivity contribution in [3.8, 4) is 0 Å². The highest BCUT2D eigenvalue weighted by atomic mass is 32.2. The van der Waals surface area contributed by atoms with E-state index in [9.17, 15) is 0 Å². The van der Waals surface area contributed by atoms with Gasteiger partial charge < -0.3 is 10.6 Å². The van der Waals surface area contributed by atoms with Crippen molar-refractivity contribution in [1.82, 2.24) is 10.6 Å². The molecule has 1 saturated carbocycles. The molecule has 3 unspecified atom stereocenters. The number of thioether (sulfide) groups is 1. The summed E-state index contributed by atoms with van der Waals surface area (Å²) in [6.07, 6.45) is 10.6. The molecule has 3 atom stereocenters. The van der Waals surface area contributed by atoms with Crippen molar-refractivity contribution in [2.75, 3.05) is 19.3 Å². The van der Waals surface area contributed by atoms with Gasteiger partial charge in [0.25, 0.3) is 0 Å². The lowest BCUT2D eigenvalue weighted by atomic mass is 9.93. The first-order valence-corrected chi connectivity index (χ1v) is 7.68. The molecule has 0 aromatic rings. The molecule has 1 heterocycles. The number of nitrogens with one attached hydrogen (secondary N) is 2. The van der Waals surface area contributed by atoms with Crippen LogP contribution in [0.1, 0.15) is 38.5 Å². The van der Waals surface area contributed by atoms with Gasteiger partial charge in [-0.15, -0.1) is 0 Å². The third kappa shape index (κ3) is 3.36. The molecule has 0 aromatic heterocycles. The molecular formula is C12H24N2S. The van der Waals surface area contributed by atoms with Gasteiger partial charge in [0.15, 0.2) is 0 Å². The molecule has 2 fully saturated rings. The van der Waals surface area contributed by atoms with Gasteiger partial charge in [-0.3, -0.25) is 0 Å². The van der Waals surface area contributed by atoms with Crippen molar-refractivity contribution in [1.29, 1.82) is 0 Å². The Balaban J connectivity index is 1.79. The van der Waals surface area contributed by atoms with Crippen LogP contribution in [-0.4, -0.2) is 36.7 Å². The molecule has 15 heavy (non-hydrogen) atoms. The molecule has 0 spiro atoms. The summed E-state index contributed by atoms with van der Waals surface area (Å²) >= 11 is 2.06. The van der Waals surface area contributed by atoms with E-state index < -0.39 is 0 Å². The fraction of sp³-hybridized carbons (Fsp3) is 1.00. The molecule has 2 rings (SSSR count). The predicted octanol–water partition coefficient (Wildman–Crippen LogP) is 2.00. The van der Waals surface area contributed by atoms with Crippen LogP contribution in [0.15, 0.2) is 0 Å². The first kappa shape index (κ1) is 11.7. The average molecular weight is 228 g/mol. The Labute approximate surface area is 98.0 Å². The van der Waals surface area contributed by atoms with Crippen molar-refractivity contribution >= 4 is 11.8 Å². The Morgan fingerprint density at radius 2 is 2.00 bits per heavy atom. The van der Waals surface area contributed by atoms with Crippen LogP contribution in [0.5, 0.6) is 0 Å². The van der Waals surface area contributed by atoms with Crippen LogP contribution in [0.25, 0.3) is 0 Å². The molecular weight excluding hydrogens is 204 g/mol. The van der Waals surface area contributed by atoms with Crippen molar-refractivity contribution in [2.45, 2.75) is 55.9 Å². The molecule has 1 saturated heterocycles. The van der Waals surface area contributed by atoms with Crippen LogP contribution >= 0.6 is 11.8 Å². The minimum absolute atomic E-state index is 0.733. The number of rotatable bonds is 3. The second kappa shape index (κ2) is 6.12. The zero-order valence-corrected chi connectivity index (χ0v) is 10.6. The highest BCUT2D eigenvalue weighted by Gasteiger charge is 2.26. The van der Waals surface area contributed by atoms with Gasteiger partial charge in [-0.25, -0.2) is 0 Å². The standard InChI is InChI=1S/C12H24N2S/c1-15-12-7-3-2-6-11(12)14-10-5-4-8-13-9-10/h10-14H,2-9H2,1H3. The van der Waals surface area contributed by atoms with E-state index in [2.05, 4.69) is 28.7 Å². The molecule has 1 aliphatic heterocycles. The largest absolute Gasteiger partial charge is 0.315 e. The SMILES string of the molecule is CSC1CCCCC1NC1CCCNC1. The van der Waals surface area contributed by atoms with E-state index in [0.29, 0.717) is 0 Å². The minimum Gasteiger partial charge on any atom is -0.315 e. The fourth-order valence-electron chi connectivity index (χ4n) is 2.87. The maximum atomic E-state index is 3.88. The second-order valence-electron chi connectivity index (χ2n) is 4.88. The van der Waals surface area contributed by atoms with Gasteiger partial charge in [0.1, 0.15) is 0 Å². The van der Waals surface area contributed by atoms with Gasteiger partial charge in [0, 0.05) is 23.9 Å². The van der Waals surface area contributed by atoms with E-state index in [1.54, 1.807) is 0 Å².